The lowest BCUT2D eigenvalue weighted by Gasteiger charge is -2.25. The van der Waals surface area contributed by atoms with E-state index in [1.54, 1.807) is 19.1 Å². The van der Waals surface area contributed by atoms with E-state index in [9.17, 15) is 26.4 Å². The number of rotatable bonds is 11. The summed E-state index contributed by atoms with van der Waals surface area (Å²) in [5.74, 6) is 0.139. The lowest BCUT2D eigenvalue weighted by molar-refractivity contribution is -0.137. The molecule has 0 radical (unpaired) electrons. The van der Waals surface area contributed by atoms with E-state index in [1.165, 1.54) is 18.2 Å². The van der Waals surface area contributed by atoms with Gasteiger partial charge in [-0.25, -0.2) is 8.42 Å². The van der Waals surface area contributed by atoms with Crippen molar-refractivity contribution in [2.75, 3.05) is 17.4 Å². The third-order valence-electron chi connectivity index (χ3n) is 5.62. The number of carbonyl (C=O) groups excluding carboxylic acids is 1. The molecule has 6 nitrogen and oxygen atoms in total. The van der Waals surface area contributed by atoms with Gasteiger partial charge in [0.1, 0.15) is 12.3 Å². The molecule has 0 fully saturated rings. The van der Waals surface area contributed by atoms with E-state index < -0.39 is 34.2 Å². The van der Waals surface area contributed by atoms with E-state index >= 15 is 0 Å². The van der Waals surface area contributed by atoms with Crippen LogP contribution in [0.4, 0.5) is 18.9 Å². The van der Waals surface area contributed by atoms with Crippen LogP contribution >= 0.6 is 0 Å². The van der Waals surface area contributed by atoms with Crippen LogP contribution < -0.4 is 14.4 Å². The monoisotopic (exact) mass is 548 g/mol. The predicted molar refractivity (Wildman–Crippen MR) is 141 cm³/mol. The minimum absolute atomic E-state index is 0.0707. The van der Waals surface area contributed by atoms with Crippen LogP contribution in [0.3, 0.4) is 0 Å². The van der Waals surface area contributed by atoms with Crippen LogP contribution in [0.1, 0.15) is 37.0 Å². The normalized spacial score (nSPS) is 11.9. The lowest BCUT2D eigenvalue weighted by Crippen LogP contribution is -2.41. The standard InChI is InChI=1S/C28H31F3N2O4S/c1-20(2)37-25-13-11-22(12-14-25)6-5-17-32-27(34)19-33(24-8-4-7-23(18-24)28(29,30)31)38(35,36)26-15-9-21(3)10-16-26/h4,7-16,18,20H,5-6,17,19H2,1-3H3,(H,32,34). The second-order valence-electron chi connectivity index (χ2n) is 9.14. The highest BCUT2D eigenvalue weighted by molar-refractivity contribution is 7.92. The summed E-state index contributed by atoms with van der Waals surface area (Å²) >= 11 is 0. The average molecular weight is 549 g/mol. The number of anilines is 1. The number of nitrogens with one attached hydrogen (secondary N) is 1. The minimum Gasteiger partial charge on any atom is -0.491 e. The summed E-state index contributed by atoms with van der Waals surface area (Å²) in [6.07, 6.45) is -3.34. The second kappa shape index (κ2) is 12.3. The smallest absolute Gasteiger partial charge is 0.416 e. The summed E-state index contributed by atoms with van der Waals surface area (Å²) in [7, 11) is -4.32. The number of carbonyl (C=O) groups is 1. The fourth-order valence-electron chi connectivity index (χ4n) is 3.70. The molecule has 0 heterocycles. The molecule has 0 aromatic heterocycles. The molecule has 0 spiro atoms. The second-order valence-corrected chi connectivity index (χ2v) is 11.0. The number of alkyl halides is 3. The van der Waals surface area contributed by atoms with Crippen molar-refractivity contribution in [3.8, 4) is 5.75 Å². The Balaban J connectivity index is 1.71. The first-order chi connectivity index (χ1) is 17.9. The number of amides is 1. The highest BCUT2D eigenvalue weighted by Crippen LogP contribution is 2.33. The molecular weight excluding hydrogens is 517 g/mol. The van der Waals surface area contributed by atoms with Crippen molar-refractivity contribution in [2.24, 2.45) is 0 Å². The Morgan fingerprint density at radius 1 is 1.00 bits per heavy atom. The van der Waals surface area contributed by atoms with Gasteiger partial charge >= 0.3 is 6.18 Å². The molecule has 0 aliphatic heterocycles. The SMILES string of the molecule is Cc1ccc(S(=O)(=O)N(CC(=O)NCCCc2ccc(OC(C)C)cc2)c2cccc(C(F)(F)F)c2)cc1. The quantitative estimate of drug-likeness (QED) is 0.310. The summed E-state index contributed by atoms with van der Waals surface area (Å²) < 4.78 is 73.1. The molecule has 38 heavy (non-hydrogen) atoms. The van der Waals surface area contributed by atoms with Crippen LogP contribution in [-0.4, -0.2) is 33.5 Å². The molecule has 0 bridgehead atoms. The largest absolute Gasteiger partial charge is 0.491 e. The maximum Gasteiger partial charge on any atom is 0.416 e. The number of benzene rings is 3. The van der Waals surface area contributed by atoms with Crippen molar-refractivity contribution in [3.63, 3.8) is 0 Å². The van der Waals surface area contributed by atoms with Crippen LogP contribution in [0.15, 0.2) is 77.7 Å². The first kappa shape index (κ1) is 29.0. The van der Waals surface area contributed by atoms with Gasteiger partial charge in [0, 0.05) is 6.54 Å². The molecule has 1 amide bonds. The van der Waals surface area contributed by atoms with Gasteiger partial charge in [-0.2, -0.15) is 13.2 Å². The Labute approximate surface area is 221 Å². The zero-order valence-electron chi connectivity index (χ0n) is 21.5. The molecule has 3 aromatic carbocycles. The van der Waals surface area contributed by atoms with Crippen LogP contribution in [0.5, 0.6) is 5.75 Å². The molecule has 0 saturated heterocycles. The fraction of sp³-hybridized carbons (Fsp3) is 0.321. The zero-order valence-corrected chi connectivity index (χ0v) is 22.3. The summed E-state index contributed by atoms with van der Waals surface area (Å²) in [5, 5.41) is 2.68. The Bertz CT molecular complexity index is 1320. The van der Waals surface area contributed by atoms with Gasteiger partial charge in [-0.15, -0.1) is 0 Å². The van der Waals surface area contributed by atoms with Crippen molar-refractivity contribution in [2.45, 2.75) is 50.8 Å². The van der Waals surface area contributed by atoms with Gasteiger partial charge < -0.3 is 10.1 Å². The van der Waals surface area contributed by atoms with Crippen LogP contribution in [0, 0.1) is 6.92 Å². The van der Waals surface area contributed by atoms with Crippen LogP contribution in [0.2, 0.25) is 0 Å². The van der Waals surface area contributed by atoms with E-state index in [-0.39, 0.29) is 23.2 Å². The lowest BCUT2D eigenvalue weighted by atomic mass is 10.1. The van der Waals surface area contributed by atoms with Crippen LogP contribution in [0.25, 0.3) is 0 Å². The number of ether oxygens (including phenoxy) is 1. The molecule has 0 atom stereocenters. The molecule has 204 valence electrons. The van der Waals surface area contributed by atoms with Crippen LogP contribution in [-0.2, 0) is 27.4 Å². The van der Waals surface area contributed by atoms with Crippen molar-refractivity contribution in [1.82, 2.24) is 5.32 Å². The minimum atomic E-state index is -4.67. The van der Waals surface area contributed by atoms with E-state index in [2.05, 4.69) is 5.32 Å². The number of hydrogen-bond acceptors (Lipinski definition) is 4. The van der Waals surface area contributed by atoms with E-state index in [1.807, 2.05) is 38.1 Å². The molecule has 0 aliphatic rings. The average Bonchev–Trinajstić information content (AvgIpc) is 2.85. The van der Waals surface area contributed by atoms with Gasteiger partial charge in [-0.05, 0) is 81.6 Å². The van der Waals surface area contributed by atoms with Gasteiger partial charge in [0.25, 0.3) is 10.0 Å². The maximum atomic E-state index is 13.4. The van der Waals surface area contributed by atoms with E-state index in [0.717, 1.165) is 35.1 Å². The Morgan fingerprint density at radius 2 is 1.66 bits per heavy atom. The van der Waals surface area contributed by atoms with Crippen molar-refractivity contribution < 1.29 is 31.1 Å². The third-order valence-corrected chi connectivity index (χ3v) is 7.41. The van der Waals surface area contributed by atoms with Gasteiger partial charge in [0.2, 0.25) is 5.91 Å². The summed E-state index contributed by atoms with van der Waals surface area (Å²) in [4.78, 5) is 12.6. The highest BCUT2D eigenvalue weighted by Gasteiger charge is 2.33. The Morgan fingerprint density at radius 3 is 2.26 bits per heavy atom. The molecule has 0 unspecified atom stereocenters. The first-order valence-electron chi connectivity index (χ1n) is 12.2. The van der Waals surface area contributed by atoms with Gasteiger partial charge in [0.05, 0.1) is 22.3 Å². The topological polar surface area (TPSA) is 75.7 Å². The molecular formula is C28H31F3N2O4S. The number of sulfonamides is 1. The van der Waals surface area contributed by atoms with Crippen molar-refractivity contribution >= 4 is 21.6 Å². The predicted octanol–water partition coefficient (Wildman–Crippen LogP) is 5.75. The molecule has 0 saturated carbocycles. The van der Waals surface area contributed by atoms with Crippen molar-refractivity contribution in [3.05, 3.63) is 89.5 Å². The third kappa shape index (κ3) is 7.98. The molecule has 3 aromatic rings. The van der Waals surface area contributed by atoms with E-state index in [4.69, 9.17) is 4.74 Å². The van der Waals surface area contributed by atoms with Gasteiger partial charge in [-0.1, -0.05) is 35.9 Å². The summed E-state index contributed by atoms with van der Waals surface area (Å²) in [6.45, 7) is 5.26. The number of aryl methyl sites for hydroxylation is 2. The summed E-state index contributed by atoms with van der Waals surface area (Å²) in [5.41, 5.74) is 0.598. The summed E-state index contributed by atoms with van der Waals surface area (Å²) in [6, 6.07) is 17.4. The molecule has 10 heteroatoms. The van der Waals surface area contributed by atoms with Gasteiger partial charge in [-0.3, -0.25) is 9.10 Å². The Hall–Kier alpha value is -3.53. The molecule has 3 rings (SSSR count). The Kier molecular flexibility index (Phi) is 9.43. The molecule has 0 aliphatic carbocycles. The molecule has 1 N–H and O–H groups in total. The maximum absolute atomic E-state index is 13.4. The first-order valence-corrected chi connectivity index (χ1v) is 13.6. The number of halogens is 3. The highest BCUT2D eigenvalue weighted by atomic mass is 32.2. The zero-order chi connectivity index (χ0) is 27.9. The van der Waals surface area contributed by atoms with Crippen molar-refractivity contribution in [1.29, 1.82) is 0 Å². The number of hydrogen-bond donors (Lipinski definition) is 1. The number of nitrogens with zero attached hydrogens (tertiary/aromatic N) is 1. The van der Waals surface area contributed by atoms with E-state index in [0.29, 0.717) is 17.1 Å². The fourth-order valence-corrected chi connectivity index (χ4v) is 5.12. The van der Waals surface area contributed by atoms with Gasteiger partial charge in [0.15, 0.2) is 0 Å².